The van der Waals surface area contributed by atoms with Crippen LogP contribution in [0.4, 0.5) is 0 Å². The molecular formula is C20H19Cl2N3O2. The molecule has 0 aliphatic rings. The Hall–Kier alpha value is -2.37. The summed E-state index contributed by atoms with van der Waals surface area (Å²) in [6.07, 6.45) is 0. The van der Waals surface area contributed by atoms with E-state index in [1.54, 1.807) is 48.3 Å². The fourth-order valence-corrected chi connectivity index (χ4v) is 3.43. The maximum Gasteiger partial charge on any atom is 0.261 e. The minimum absolute atomic E-state index is 0.138. The number of rotatable bonds is 4. The van der Waals surface area contributed by atoms with Crippen molar-refractivity contribution >= 4 is 40.0 Å². The smallest absolute Gasteiger partial charge is 0.261 e. The zero-order valence-corrected chi connectivity index (χ0v) is 16.8. The number of amides is 1. The molecule has 0 bridgehead atoms. The Morgan fingerprint density at radius 1 is 1.19 bits per heavy atom. The summed E-state index contributed by atoms with van der Waals surface area (Å²) in [5.74, 6) is 0.319. The average molecular weight is 404 g/mol. The SMILES string of the molecule is CCN(C(=O)c1ccc(Cl)c(Cl)c1)C(C)c1nc2ccccc2c(=O)n1C. The predicted octanol–water partition coefficient (Wildman–Crippen LogP) is 4.46. The Labute approximate surface area is 167 Å². The van der Waals surface area contributed by atoms with Gasteiger partial charge in [0.2, 0.25) is 0 Å². The van der Waals surface area contributed by atoms with Gasteiger partial charge in [0.15, 0.2) is 0 Å². The third-order valence-corrected chi connectivity index (χ3v) is 5.37. The van der Waals surface area contributed by atoms with Crippen LogP contribution in [-0.2, 0) is 7.05 Å². The third kappa shape index (κ3) is 3.57. The Morgan fingerprint density at radius 2 is 1.89 bits per heavy atom. The molecule has 2 aromatic carbocycles. The highest BCUT2D eigenvalue weighted by atomic mass is 35.5. The first-order chi connectivity index (χ1) is 12.8. The van der Waals surface area contributed by atoms with Gasteiger partial charge in [0.1, 0.15) is 5.82 Å². The molecule has 0 fully saturated rings. The number of halogens is 2. The highest BCUT2D eigenvalue weighted by Crippen LogP contribution is 2.26. The van der Waals surface area contributed by atoms with Crippen molar-refractivity contribution in [3.05, 3.63) is 74.3 Å². The molecule has 5 nitrogen and oxygen atoms in total. The molecule has 1 heterocycles. The largest absolute Gasteiger partial charge is 0.329 e. The maximum absolute atomic E-state index is 13.0. The molecule has 0 N–H and O–H groups in total. The highest BCUT2D eigenvalue weighted by molar-refractivity contribution is 6.42. The normalized spacial score (nSPS) is 12.2. The molecule has 1 amide bonds. The van der Waals surface area contributed by atoms with E-state index in [2.05, 4.69) is 4.98 Å². The van der Waals surface area contributed by atoms with Gasteiger partial charge in [0, 0.05) is 19.2 Å². The van der Waals surface area contributed by atoms with Crippen LogP contribution >= 0.6 is 23.2 Å². The van der Waals surface area contributed by atoms with Crippen molar-refractivity contribution in [2.45, 2.75) is 19.9 Å². The fraction of sp³-hybridized carbons (Fsp3) is 0.250. The van der Waals surface area contributed by atoms with Gasteiger partial charge in [-0.15, -0.1) is 0 Å². The Morgan fingerprint density at radius 3 is 2.56 bits per heavy atom. The van der Waals surface area contributed by atoms with Crippen molar-refractivity contribution in [3.8, 4) is 0 Å². The van der Waals surface area contributed by atoms with Crippen molar-refractivity contribution in [2.24, 2.45) is 7.05 Å². The average Bonchev–Trinajstić information content (AvgIpc) is 2.67. The van der Waals surface area contributed by atoms with Crippen LogP contribution in [0.25, 0.3) is 10.9 Å². The van der Waals surface area contributed by atoms with Crippen LogP contribution in [0.2, 0.25) is 10.0 Å². The van der Waals surface area contributed by atoms with E-state index in [9.17, 15) is 9.59 Å². The van der Waals surface area contributed by atoms with Crippen molar-refractivity contribution in [2.75, 3.05) is 6.54 Å². The standard InChI is InChI=1S/C20H19Cl2N3O2/c1-4-25(19(26)13-9-10-15(21)16(22)11-13)12(2)18-23-17-8-6-5-7-14(17)20(27)24(18)3/h5-12H,4H2,1-3H3. The predicted molar refractivity (Wildman–Crippen MR) is 109 cm³/mol. The van der Waals surface area contributed by atoms with Crippen LogP contribution in [0, 0.1) is 0 Å². The summed E-state index contributed by atoms with van der Waals surface area (Å²) in [7, 11) is 1.67. The first-order valence-corrected chi connectivity index (χ1v) is 9.32. The molecule has 0 radical (unpaired) electrons. The number of carbonyl (C=O) groups excluding carboxylic acids is 1. The van der Waals surface area contributed by atoms with E-state index in [4.69, 9.17) is 23.2 Å². The molecule has 1 aromatic heterocycles. The molecule has 7 heteroatoms. The lowest BCUT2D eigenvalue weighted by Gasteiger charge is -2.29. The molecule has 0 saturated carbocycles. The molecule has 0 spiro atoms. The molecule has 0 saturated heterocycles. The molecule has 1 unspecified atom stereocenters. The summed E-state index contributed by atoms with van der Waals surface area (Å²) in [6, 6.07) is 11.6. The van der Waals surface area contributed by atoms with Crippen LogP contribution in [0.15, 0.2) is 47.3 Å². The minimum atomic E-state index is -0.403. The van der Waals surface area contributed by atoms with E-state index in [1.165, 1.54) is 4.57 Å². The second-order valence-corrected chi connectivity index (χ2v) is 7.06. The zero-order chi connectivity index (χ0) is 19.7. The third-order valence-electron chi connectivity index (χ3n) is 4.63. The molecule has 0 aliphatic carbocycles. The minimum Gasteiger partial charge on any atom is -0.329 e. The summed E-state index contributed by atoms with van der Waals surface area (Å²) in [6.45, 7) is 4.18. The number of hydrogen-bond donors (Lipinski definition) is 0. The van der Waals surface area contributed by atoms with E-state index in [-0.39, 0.29) is 11.5 Å². The number of benzene rings is 2. The number of aromatic nitrogens is 2. The van der Waals surface area contributed by atoms with Gasteiger partial charge in [-0.1, -0.05) is 35.3 Å². The molecule has 27 heavy (non-hydrogen) atoms. The van der Waals surface area contributed by atoms with Gasteiger partial charge in [0.05, 0.1) is 27.0 Å². The van der Waals surface area contributed by atoms with Crippen molar-refractivity contribution in [1.29, 1.82) is 0 Å². The Kier molecular flexibility index (Phi) is 5.53. The number of nitrogens with zero attached hydrogens (tertiary/aromatic N) is 3. The van der Waals surface area contributed by atoms with E-state index in [1.807, 2.05) is 19.9 Å². The van der Waals surface area contributed by atoms with Gasteiger partial charge in [-0.25, -0.2) is 4.98 Å². The van der Waals surface area contributed by atoms with Gasteiger partial charge in [-0.05, 0) is 44.2 Å². The monoisotopic (exact) mass is 403 g/mol. The van der Waals surface area contributed by atoms with E-state index in [0.29, 0.717) is 38.9 Å². The second-order valence-electron chi connectivity index (χ2n) is 6.25. The first kappa shape index (κ1) is 19.4. The summed E-state index contributed by atoms with van der Waals surface area (Å²) >= 11 is 12.0. The summed E-state index contributed by atoms with van der Waals surface area (Å²) in [5, 5.41) is 1.26. The number of hydrogen-bond acceptors (Lipinski definition) is 3. The Balaban J connectivity index is 2.04. The van der Waals surface area contributed by atoms with Crippen LogP contribution in [0.3, 0.4) is 0 Å². The lowest BCUT2D eigenvalue weighted by molar-refractivity contribution is 0.0692. The van der Waals surface area contributed by atoms with Gasteiger partial charge in [-0.3, -0.25) is 14.2 Å². The van der Waals surface area contributed by atoms with Crippen LogP contribution < -0.4 is 5.56 Å². The van der Waals surface area contributed by atoms with Crippen molar-refractivity contribution in [1.82, 2.24) is 14.5 Å². The quantitative estimate of drug-likeness (QED) is 0.645. The first-order valence-electron chi connectivity index (χ1n) is 8.56. The number of fused-ring (bicyclic) bond motifs is 1. The lowest BCUT2D eigenvalue weighted by atomic mass is 10.1. The lowest BCUT2D eigenvalue weighted by Crippen LogP contribution is -2.37. The zero-order valence-electron chi connectivity index (χ0n) is 15.2. The maximum atomic E-state index is 13.0. The Bertz CT molecular complexity index is 1080. The van der Waals surface area contributed by atoms with Gasteiger partial charge < -0.3 is 4.90 Å². The number of para-hydroxylation sites is 1. The molecule has 3 rings (SSSR count). The second kappa shape index (κ2) is 7.71. The van der Waals surface area contributed by atoms with Crippen molar-refractivity contribution in [3.63, 3.8) is 0 Å². The van der Waals surface area contributed by atoms with Gasteiger partial charge >= 0.3 is 0 Å². The van der Waals surface area contributed by atoms with Crippen LogP contribution in [0.1, 0.15) is 36.1 Å². The van der Waals surface area contributed by atoms with Crippen molar-refractivity contribution < 1.29 is 4.79 Å². The molecule has 0 aliphatic heterocycles. The molecular weight excluding hydrogens is 385 g/mol. The van der Waals surface area contributed by atoms with E-state index in [0.717, 1.165) is 0 Å². The van der Waals surface area contributed by atoms with Gasteiger partial charge in [-0.2, -0.15) is 0 Å². The van der Waals surface area contributed by atoms with E-state index < -0.39 is 6.04 Å². The van der Waals surface area contributed by atoms with Gasteiger partial charge in [0.25, 0.3) is 11.5 Å². The summed E-state index contributed by atoms with van der Waals surface area (Å²) in [5.41, 5.74) is 0.907. The number of carbonyl (C=O) groups is 1. The van der Waals surface area contributed by atoms with Crippen LogP contribution in [-0.4, -0.2) is 26.9 Å². The highest BCUT2D eigenvalue weighted by Gasteiger charge is 2.25. The molecule has 140 valence electrons. The fourth-order valence-electron chi connectivity index (χ4n) is 3.14. The van der Waals surface area contributed by atoms with E-state index >= 15 is 0 Å². The summed E-state index contributed by atoms with van der Waals surface area (Å²) in [4.78, 5) is 32.0. The van der Waals surface area contributed by atoms with Crippen LogP contribution in [0.5, 0.6) is 0 Å². The summed E-state index contributed by atoms with van der Waals surface area (Å²) < 4.78 is 1.50. The molecule has 1 atom stereocenters. The molecule has 3 aromatic rings. The topological polar surface area (TPSA) is 55.2 Å².